The Kier molecular flexibility index (Phi) is 2.96. The zero-order chi connectivity index (χ0) is 6.57. The van der Waals surface area contributed by atoms with E-state index >= 15 is 0 Å². The minimum atomic E-state index is -0.435. The third-order valence-electron chi connectivity index (χ3n) is 0.589. The Morgan fingerprint density at radius 2 is 2.38 bits per heavy atom. The molecule has 0 aromatic heterocycles. The van der Waals surface area contributed by atoms with E-state index in [0.29, 0.717) is 5.70 Å². The van der Waals surface area contributed by atoms with Crippen molar-refractivity contribution in [3.05, 3.63) is 24.4 Å². The van der Waals surface area contributed by atoms with Crippen LogP contribution in [0.4, 0.5) is 0 Å². The minimum Gasteiger partial charge on any atom is -0.399 e. The predicted molar refractivity (Wildman–Crippen MR) is 34.1 cm³/mol. The number of nitrogens with two attached hydrogens (primary N) is 1. The molecule has 0 aliphatic heterocycles. The lowest BCUT2D eigenvalue weighted by atomic mass is 10.3. The molecule has 8 heavy (non-hydrogen) atoms. The van der Waals surface area contributed by atoms with E-state index in [-0.39, 0.29) is 0 Å². The second-order valence-corrected chi connectivity index (χ2v) is 1.67. The van der Waals surface area contributed by atoms with Crippen molar-refractivity contribution in [2.75, 3.05) is 0 Å². The van der Waals surface area contributed by atoms with E-state index in [4.69, 9.17) is 10.8 Å². The Morgan fingerprint density at radius 1 is 1.88 bits per heavy atom. The van der Waals surface area contributed by atoms with Gasteiger partial charge in [0.05, 0.1) is 6.10 Å². The molecule has 0 saturated carbocycles. The minimum absolute atomic E-state index is 0.435. The average Bonchev–Trinajstić information content (AvgIpc) is 1.61. The van der Waals surface area contributed by atoms with E-state index < -0.39 is 6.10 Å². The van der Waals surface area contributed by atoms with Crippen LogP contribution >= 0.6 is 0 Å². The van der Waals surface area contributed by atoms with Crippen LogP contribution in [0.1, 0.15) is 6.92 Å². The zero-order valence-electron chi connectivity index (χ0n) is 4.96. The maximum atomic E-state index is 8.62. The van der Waals surface area contributed by atoms with Crippen LogP contribution in [0.3, 0.4) is 0 Å². The van der Waals surface area contributed by atoms with Crippen LogP contribution in [0, 0.1) is 0 Å². The van der Waals surface area contributed by atoms with Crippen LogP contribution in [-0.4, -0.2) is 11.2 Å². The summed E-state index contributed by atoms with van der Waals surface area (Å²) in [5.41, 5.74) is 5.61. The summed E-state index contributed by atoms with van der Waals surface area (Å²) in [6.07, 6.45) is 2.71. The zero-order valence-corrected chi connectivity index (χ0v) is 4.96. The molecule has 0 aromatic carbocycles. The van der Waals surface area contributed by atoms with E-state index in [1.807, 2.05) is 0 Å². The van der Waals surface area contributed by atoms with Crippen molar-refractivity contribution in [3.63, 3.8) is 0 Å². The molecular formula is C6H11NO. The monoisotopic (exact) mass is 113 g/mol. The fourth-order valence-electron chi connectivity index (χ4n) is 0.263. The maximum Gasteiger partial charge on any atom is 0.0696 e. The molecule has 0 bridgehead atoms. The van der Waals surface area contributed by atoms with Gasteiger partial charge in [0.15, 0.2) is 0 Å². The van der Waals surface area contributed by atoms with Crippen LogP contribution in [0.5, 0.6) is 0 Å². The van der Waals surface area contributed by atoms with Crippen molar-refractivity contribution < 1.29 is 5.11 Å². The van der Waals surface area contributed by atoms with Crippen LogP contribution in [0.15, 0.2) is 24.4 Å². The van der Waals surface area contributed by atoms with Gasteiger partial charge in [0.2, 0.25) is 0 Å². The summed E-state index contributed by atoms with van der Waals surface area (Å²) in [4.78, 5) is 0. The van der Waals surface area contributed by atoms with Crippen LogP contribution in [-0.2, 0) is 0 Å². The van der Waals surface area contributed by atoms with Crippen molar-refractivity contribution in [1.82, 2.24) is 0 Å². The smallest absolute Gasteiger partial charge is 0.0696 e. The highest BCUT2D eigenvalue weighted by Crippen LogP contribution is 1.85. The van der Waals surface area contributed by atoms with Gasteiger partial charge < -0.3 is 10.8 Å². The molecule has 2 heteroatoms. The third kappa shape index (κ3) is 5.24. The van der Waals surface area contributed by atoms with Gasteiger partial charge in [0, 0.05) is 5.70 Å². The van der Waals surface area contributed by atoms with Gasteiger partial charge >= 0.3 is 0 Å². The topological polar surface area (TPSA) is 46.2 Å². The number of aliphatic hydroxyl groups is 1. The summed E-state index contributed by atoms with van der Waals surface area (Å²) in [6.45, 7) is 5.06. The first kappa shape index (κ1) is 7.24. The second-order valence-electron chi connectivity index (χ2n) is 1.67. The molecule has 0 heterocycles. The molecule has 0 amide bonds. The van der Waals surface area contributed by atoms with E-state index in [9.17, 15) is 0 Å². The van der Waals surface area contributed by atoms with Crippen molar-refractivity contribution in [2.24, 2.45) is 5.73 Å². The molecule has 0 spiro atoms. The summed E-state index contributed by atoms with van der Waals surface area (Å²) in [5, 5.41) is 8.62. The van der Waals surface area contributed by atoms with Crippen LogP contribution in [0.2, 0.25) is 0 Å². The van der Waals surface area contributed by atoms with Gasteiger partial charge in [0.1, 0.15) is 0 Å². The normalized spacial score (nSPS) is 14.2. The lowest BCUT2D eigenvalue weighted by Gasteiger charge is -1.91. The number of aliphatic hydroxyl groups excluding tert-OH is 1. The van der Waals surface area contributed by atoms with Crippen molar-refractivity contribution in [3.8, 4) is 0 Å². The van der Waals surface area contributed by atoms with Gasteiger partial charge in [-0.1, -0.05) is 12.7 Å². The highest BCUT2D eigenvalue weighted by molar-refractivity contribution is 5.10. The SMILES string of the molecule is C=C(N)/C=C\C(C)O. The molecule has 0 fully saturated rings. The molecule has 0 aliphatic carbocycles. The second kappa shape index (κ2) is 3.27. The molecule has 3 N–H and O–H groups in total. The van der Waals surface area contributed by atoms with Gasteiger partial charge in [-0.3, -0.25) is 0 Å². The highest BCUT2D eigenvalue weighted by Gasteiger charge is 1.82. The molecule has 2 nitrogen and oxygen atoms in total. The largest absolute Gasteiger partial charge is 0.399 e. The molecular weight excluding hydrogens is 102 g/mol. The Hall–Kier alpha value is -0.760. The maximum absolute atomic E-state index is 8.62. The Bertz CT molecular complexity index is 105. The molecule has 1 atom stereocenters. The van der Waals surface area contributed by atoms with Crippen molar-refractivity contribution in [1.29, 1.82) is 0 Å². The van der Waals surface area contributed by atoms with Crippen LogP contribution in [0.25, 0.3) is 0 Å². The number of hydrogen-bond acceptors (Lipinski definition) is 2. The first-order valence-electron chi connectivity index (χ1n) is 2.43. The van der Waals surface area contributed by atoms with Gasteiger partial charge in [-0.2, -0.15) is 0 Å². The first-order valence-corrected chi connectivity index (χ1v) is 2.43. The molecule has 1 unspecified atom stereocenters. The highest BCUT2D eigenvalue weighted by atomic mass is 16.3. The summed E-state index contributed by atoms with van der Waals surface area (Å²) in [5.74, 6) is 0. The summed E-state index contributed by atoms with van der Waals surface area (Å²) >= 11 is 0. The molecule has 0 rings (SSSR count). The van der Waals surface area contributed by atoms with Gasteiger partial charge in [-0.15, -0.1) is 0 Å². The summed E-state index contributed by atoms with van der Waals surface area (Å²) < 4.78 is 0. The molecule has 0 aromatic rings. The Labute approximate surface area is 49.3 Å². The van der Waals surface area contributed by atoms with E-state index in [1.165, 1.54) is 0 Å². The lowest BCUT2D eigenvalue weighted by molar-refractivity contribution is 0.244. The summed E-state index contributed by atoms with van der Waals surface area (Å²) in [7, 11) is 0. The number of allylic oxidation sites excluding steroid dienone is 1. The molecule has 0 saturated heterocycles. The average molecular weight is 113 g/mol. The lowest BCUT2D eigenvalue weighted by Crippen LogP contribution is -1.95. The van der Waals surface area contributed by atoms with Gasteiger partial charge in [0.25, 0.3) is 0 Å². The van der Waals surface area contributed by atoms with E-state index in [1.54, 1.807) is 19.1 Å². The van der Waals surface area contributed by atoms with E-state index in [2.05, 4.69) is 6.58 Å². The van der Waals surface area contributed by atoms with Crippen LogP contribution < -0.4 is 5.73 Å². The van der Waals surface area contributed by atoms with E-state index in [0.717, 1.165) is 0 Å². The molecule has 46 valence electrons. The third-order valence-corrected chi connectivity index (χ3v) is 0.589. The fraction of sp³-hybridized carbons (Fsp3) is 0.333. The van der Waals surface area contributed by atoms with Crippen molar-refractivity contribution >= 4 is 0 Å². The number of hydrogen-bond donors (Lipinski definition) is 2. The standard InChI is InChI=1S/C6H11NO/c1-5(7)3-4-6(2)8/h3-4,6,8H,1,7H2,2H3/b4-3-. The molecule has 0 radical (unpaired) electrons. The predicted octanol–water partition coefficient (Wildman–Crippen LogP) is 0.396. The van der Waals surface area contributed by atoms with Gasteiger partial charge in [-0.05, 0) is 13.0 Å². The van der Waals surface area contributed by atoms with Crippen molar-refractivity contribution in [2.45, 2.75) is 13.0 Å². The quantitative estimate of drug-likeness (QED) is 0.509. The number of rotatable bonds is 2. The summed E-state index contributed by atoms with van der Waals surface area (Å²) in [6, 6.07) is 0. The first-order chi connectivity index (χ1) is 3.63. The Morgan fingerprint density at radius 3 is 2.50 bits per heavy atom. The van der Waals surface area contributed by atoms with Gasteiger partial charge in [-0.25, -0.2) is 0 Å². The molecule has 0 aliphatic rings. The Balaban J connectivity index is 3.50. The fourth-order valence-corrected chi connectivity index (χ4v) is 0.263.